The maximum absolute atomic E-state index is 12.2. The molecule has 0 atom stereocenters. The molecule has 0 saturated heterocycles. The number of thiazole rings is 1. The number of amides is 1. The number of nitrogens with one attached hydrogen (secondary N) is 1. The number of nitrogens with zero attached hydrogens (tertiary/aromatic N) is 3. The molecule has 8 heteroatoms. The van der Waals surface area contributed by atoms with Crippen LogP contribution in [0.3, 0.4) is 0 Å². The predicted molar refractivity (Wildman–Crippen MR) is 103 cm³/mol. The zero-order chi connectivity index (χ0) is 18.6. The van der Waals surface area contributed by atoms with E-state index in [2.05, 4.69) is 44.6 Å². The molecule has 1 aliphatic rings. The maximum Gasteiger partial charge on any atom is 0.273 e. The Morgan fingerprint density at radius 3 is 3.00 bits per heavy atom. The van der Waals surface area contributed by atoms with Crippen molar-refractivity contribution in [2.24, 2.45) is 0 Å². The third kappa shape index (κ3) is 4.35. The van der Waals surface area contributed by atoms with Crippen molar-refractivity contribution >= 4 is 22.4 Å². The monoisotopic (exact) mass is 383 g/mol. The molecule has 1 aliphatic heterocycles. The minimum Gasteiger partial charge on any atom is -0.375 e. The van der Waals surface area contributed by atoms with Crippen molar-refractivity contribution in [2.75, 3.05) is 18.8 Å². The molecule has 27 heavy (non-hydrogen) atoms. The number of carbonyl (C=O) groups excluding carboxylic acids is 1. The number of fused-ring (bicyclic) bond motifs is 1. The number of aromatic nitrogens is 2. The third-order valence-electron chi connectivity index (χ3n) is 4.62. The fourth-order valence-corrected chi connectivity index (χ4v) is 3.83. The number of carbonyl (C=O) groups is 1. The number of nitrogens with two attached hydrogens (primary N) is 1. The van der Waals surface area contributed by atoms with Crippen molar-refractivity contribution in [3.63, 3.8) is 0 Å². The van der Waals surface area contributed by atoms with Crippen molar-refractivity contribution < 1.29 is 9.32 Å². The van der Waals surface area contributed by atoms with Crippen molar-refractivity contribution in [2.45, 2.75) is 25.9 Å². The quantitative estimate of drug-likeness (QED) is 0.678. The van der Waals surface area contributed by atoms with Gasteiger partial charge in [0.2, 0.25) is 0 Å². The van der Waals surface area contributed by atoms with Crippen LogP contribution in [0, 0.1) is 0 Å². The van der Waals surface area contributed by atoms with Gasteiger partial charge in [0, 0.05) is 37.5 Å². The summed E-state index contributed by atoms with van der Waals surface area (Å²) in [7, 11) is 0. The first-order valence-corrected chi connectivity index (χ1v) is 9.78. The molecule has 0 aliphatic carbocycles. The third-order valence-corrected chi connectivity index (χ3v) is 5.34. The van der Waals surface area contributed by atoms with Gasteiger partial charge in [-0.1, -0.05) is 29.4 Å². The highest BCUT2D eigenvalue weighted by atomic mass is 32.1. The maximum atomic E-state index is 12.2. The smallest absolute Gasteiger partial charge is 0.273 e. The molecule has 1 amide bonds. The van der Waals surface area contributed by atoms with Crippen molar-refractivity contribution in [1.29, 1.82) is 0 Å². The van der Waals surface area contributed by atoms with Gasteiger partial charge in [0.1, 0.15) is 0 Å². The normalized spacial score (nSPS) is 14.1. The molecule has 140 valence electrons. The molecule has 2 aromatic heterocycles. The van der Waals surface area contributed by atoms with Gasteiger partial charge in [-0.25, -0.2) is 4.98 Å². The fraction of sp³-hybridized carbons (Fsp3) is 0.316. The highest BCUT2D eigenvalue weighted by Gasteiger charge is 2.19. The van der Waals surface area contributed by atoms with Crippen LogP contribution >= 0.6 is 11.3 Å². The minimum atomic E-state index is -0.239. The van der Waals surface area contributed by atoms with E-state index in [1.807, 2.05) is 5.38 Å². The Labute approximate surface area is 161 Å². The van der Waals surface area contributed by atoms with Gasteiger partial charge in [-0.05, 0) is 17.5 Å². The summed E-state index contributed by atoms with van der Waals surface area (Å²) in [6.45, 7) is 2.98. The molecular weight excluding hydrogens is 362 g/mol. The molecule has 3 aromatic rings. The molecule has 3 heterocycles. The lowest BCUT2D eigenvalue weighted by molar-refractivity contribution is 0.0945. The largest absolute Gasteiger partial charge is 0.375 e. The number of nitrogen functional groups attached to an aromatic ring is 1. The Morgan fingerprint density at radius 1 is 1.33 bits per heavy atom. The molecule has 0 spiro atoms. The Kier molecular flexibility index (Phi) is 5.17. The molecule has 1 aromatic carbocycles. The fourth-order valence-electron chi connectivity index (χ4n) is 3.24. The van der Waals surface area contributed by atoms with Gasteiger partial charge >= 0.3 is 0 Å². The van der Waals surface area contributed by atoms with Gasteiger partial charge < -0.3 is 15.6 Å². The topological polar surface area (TPSA) is 97.3 Å². The average molecular weight is 383 g/mol. The van der Waals surface area contributed by atoms with E-state index in [9.17, 15) is 4.79 Å². The number of hydrogen-bond donors (Lipinski definition) is 2. The highest BCUT2D eigenvalue weighted by molar-refractivity contribution is 7.13. The summed E-state index contributed by atoms with van der Waals surface area (Å²) in [5, 5.41) is 9.18. The van der Waals surface area contributed by atoms with Crippen molar-refractivity contribution in [3.8, 4) is 0 Å². The second kappa shape index (κ2) is 7.89. The Bertz CT molecular complexity index is 936. The van der Waals surface area contributed by atoms with Gasteiger partial charge in [-0.3, -0.25) is 9.69 Å². The summed E-state index contributed by atoms with van der Waals surface area (Å²) in [6, 6.07) is 10.2. The van der Waals surface area contributed by atoms with Crippen LogP contribution in [-0.4, -0.2) is 34.0 Å². The molecular formula is C19H21N5O2S. The Hall–Kier alpha value is -2.71. The van der Waals surface area contributed by atoms with Crippen LogP contribution in [0.5, 0.6) is 0 Å². The summed E-state index contributed by atoms with van der Waals surface area (Å²) in [5.74, 6) is 0.462. The molecule has 0 saturated carbocycles. The Balaban J connectivity index is 1.28. The lowest BCUT2D eigenvalue weighted by atomic mass is 10.00. The van der Waals surface area contributed by atoms with Crippen LogP contribution < -0.4 is 11.1 Å². The first kappa shape index (κ1) is 17.7. The van der Waals surface area contributed by atoms with Crippen LogP contribution in [0.1, 0.15) is 33.1 Å². The second-order valence-corrected chi connectivity index (χ2v) is 7.48. The van der Waals surface area contributed by atoms with Crippen LogP contribution in [0.25, 0.3) is 0 Å². The number of rotatable bonds is 6. The van der Waals surface area contributed by atoms with E-state index in [1.165, 1.54) is 22.5 Å². The molecule has 0 unspecified atom stereocenters. The van der Waals surface area contributed by atoms with Crippen LogP contribution in [0.4, 0.5) is 5.13 Å². The number of anilines is 1. The molecule has 0 bridgehead atoms. The van der Waals surface area contributed by atoms with Crippen LogP contribution in [-0.2, 0) is 25.9 Å². The van der Waals surface area contributed by atoms with E-state index in [-0.39, 0.29) is 5.91 Å². The standard InChI is InChI=1S/C19H21N5O2S/c20-19-22-15(12-27-19)5-7-21-18(25)17-9-16(26-23-17)11-24-8-6-13-3-1-2-4-14(13)10-24/h1-4,9,12H,5-8,10-11H2,(H2,20,22)(H,21,25). The molecule has 4 rings (SSSR count). The van der Waals surface area contributed by atoms with Crippen molar-refractivity contribution in [3.05, 3.63) is 64.0 Å². The molecule has 0 fully saturated rings. The highest BCUT2D eigenvalue weighted by Crippen LogP contribution is 2.20. The van der Waals surface area contributed by atoms with Gasteiger partial charge in [0.25, 0.3) is 5.91 Å². The first-order chi connectivity index (χ1) is 13.2. The van der Waals surface area contributed by atoms with E-state index in [4.69, 9.17) is 10.3 Å². The summed E-state index contributed by atoms with van der Waals surface area (Å²) in [6.07, 6.45) is 1.66. The average Bonchev–Trinajstić information content (AvgIpc) is 3.31. The second-order valence-electron chi connectivity index (χ2n) is 6.59. The summed E-state index contributed by atoms with van der Waals surface area (Å²) in [4.78, 5) is 18.7. The van der Waals surface area contributed by atoms with E-state index in [1.54, 1.807) is 6.07 Å². The van der Waals surface area contributed by atoms with Crippen LogP contribution in [0.15, 0.2) is 40.2 Å². The van der Waals surface area contributed by atoms with Crippen molar-refractivity contribution in [1.82, 2.24) is 20.4 Å². The number of benzene rings is 1. The first-order valence-electron chi connectivity index (χ1n) is 8.90. The van der Waals surface area contributed by atoms with Gasteiger partial charge in [-0.15, -0.1) is 11.3 Å². The molecule has 0 radical (unpaired) electrons. The van der Waals surface area contributed by atoms with Gasteiger partial charge in [0.15, 0.2) is 16.6 Å². The SMILES string of the molecule is Nc1nc(CCNC(=O)c2cc(CN3CCc4ccccc4C3)on2)cs1. The van der Waals surface area contributed by atoms with E-state index >= 15 is 0 Å². The van der Waals surface area contributed by atoms with E-state index in [0.717, 1.165) is 25.2 Å². The zero-order valence-electron chi connectivity index (χ0n) is 14.9. The van der Waals surface area contributed by atoms with E-state index < -0.39 is 0 Å². The predicted octanol–water partition coefficient (Wildman–Crippen LogP) is 2.24. The lowest BCUT2D eigenvalue weighted by Gasteiger charge is -2.27. The minimum absolute atomic E-state index is 0.239. The van der Waals surface area contributed by atoms with Gasteiger partial charge in [0.05, 0.1) is 12.2 Å². The Morgan fingerprint density at radius 2 is 2.19 bits per heavy atom. The van der Waals surface area contributed by atoms with Gasteiger partial charge in [-0.2, -0.15) is 0 Å². The number of hydrogen-bond acceptors (Lipinski definition) is 7. The van der Waals surface area contributed by atoms with E-state index in [0.29, 0.717) is 36.1 Å². The summed E-state index contributed by atoms with van der Waals surface area (Å²) >= 11 is 1.40. The summed E-state index contributed by atoms with van der Waals surface area (Å²) < 4.78 is 5.36. The molecule has 3 N–H and O–H groups in total. The lowest BCUT2D eigenvalue weighted by Crippen LogP contribution is -2.29. The zero-order valence-corrected chi connectivity index (χ0v) is 15.7. The van der Waals surface area contributed by atoms with Crippen LogP contribution in [0.2, 0.25) is 0 Å². The molecule has 7 nitrogen and oxygen atoms in total. The summed E-state index contributed by atoms with van der Waals surface area (Å²) in [5.41, 5.74) is 9.55.